The van der Waals surface area contributed by atoms with Crippen molar-refractivity contribution < 1.29 is 9.94 Å². The molecule has 1 heterocycles. The van der Waals surface area contributed by atoms with Gasteiger partial charge in [0.2, 0.25) is 6.29 Å². The summed E-state index contributed by atoms with van der Waals surface area (Å²) in [6, 6.07) is 7.30. The van der Waals surface area contributed by atoms with Crippen molar-refractivity contribution in [2.24, 2.45) is 5.16 Å². The minimum atomic E-state index is -0.811. The Bertz CT molecular complexity index is 351. The molecule has 1 aromatic rings. The summed E-state index contributed by atoms with van der Waals surface area (Å²) in [6.07, 6.45) is -0.394. The van der Waals surface area contributed by atoms with E-state index in [1.165, 1.54) is 0 Å². The van der Waals surface area contributed by atoms with E-state index in [9.17, 15) is 0 Å². The monoisotopic (exact) mass is 197 g/mol. The van der Waals surface area contributed by atoms with Gasteiger partial charge in [0.25, 0.3) is 0 Å². The Balaban J connectivity index is 2.26. The second-order valence-corrected chi connectivity index (χ2v) is 3.25. The van der Waals surface area contributed by atoms with Crippen LogP contribution < -0.4 is 0 Å². The smallest absolute Gasteiger partial charge is 0.230 e. The zero-order valence-corrected chi connectivity index (χ0v) is 7.53. The summed E-state index contributed by atoms with van der Waals surface area (Å²) in [7, 11) is 0. The summed E-state index contributed by atoms with van der Waals surface area (Å²) in [5.74, 6) is 0. The molecule has 0 fully saturated rings. The molecule has 13 heavy (non-hydrogen) atoms. The fraction of sp³-hybridized carbons (Fsp3) is 0.222. The van der Waals surface area contributed by atoms with E-state index in [0.29, 0.717) is 11.4 Å². The SMILES string of the molecule is OC1CC(c2cccc(Cl)c2)=NO1. The van der Waals surface area contributed by atoms with Crippen molar-refractivity contribution in [2.45, 2.75) is 12.7 Å². The Morgan fingerprint density at radius 3 is 3.00 bits per heavy atom. The predicted molar refractivity (Wildman–Crippen MR) is 49.7 cm³/mol. The van der Waals surface area contributed by atoms with Crippen molar-refractivity contribution in [1.82, 2.24) is 0 Å². The van der Waals surface area contributed by atoms with Gasteiger partial charge in [0.1, 0.15) is 0 Å². The highest BCUT2D eigenvalue weighted by Crippen LogP contribution is 2.17. The number of halogens is 1. The van der Waals surface area contributed by atoms with Gasteiger partial charge in [0, 0.05) is 10.6 Å². The fourth-order valence-corrected chi connectivity index (χ4v) is 1.39. The summed E-state index contributed by atoms with van der Waals surface area (Å²) in [4.78, 5) is 4.66. The number of hydrogen-bond acceptors (Lipinski definition) is 3. The Kier molecular flexibility index (Phi) is 2.20. The van der Waals surface area contributed by atoms with Gasteiger partial charge in [0.05, 0.1) is 12.1 Å². The van der Waals surface area contributed by atoms with Gasteiger partial charge in [0.15, 0.2) is 0 Å². The number of benzene rings is 1. The van der Waals surface area contributed by atoms with E-state index < -0.39 is 6.29 Å². The Hall–Kier alpha value is -1.06. The molecule has 0 amide bonds. The average molecular weight is 198 g/mol. The molecule has 0 aromatic heterocycles. The van der Waals surface area contributed by atoms with Gasteiger partial charge >= 0.3 is 0 Å². The minimum absolute atomic E-state index is 0.417. The minimum Gasteiger partial charge on any atom is -0.363 e. The van der Waals surface area contributed by atoms with Gasteiger partial charge in [-0.15, -0.1) is 0 Å². The quantitative estimate of drug-likeness (QED) is 0.746. The van der Waals surface area contributed by atoms with E-state index in [2.05, 4.69) is 9.99 Å². The molecule has 2 rings (SSSR count). The largest absolute Gasteiger partial charge is 0.363 e. The first-order chi connectivity index (χ1) is 6.25. The molecule has 0 bridgehead atoms. The van der Waals surface area contributed by atoms with E-state index in [0.717, 1.165) is 11.3 Å². The molecule has 1 aromatic carbocycles. The van der Waals surface area contributed by atoms with Crippen molar-refractivity contribution in [1.29, 1.82) is 0 Å². The van der Waals surface area contributed by atoms with Crippen LogP contribution in [0, 0.1) is 0 Å². The highest BCUT2D eigenvalue weighted by molar-refractivity contribution is 6.31. The molecular formula is C9H8ClNO2. The molecule has 1 aliphatic rings. The van der Waals surface area contributed by atoms with Gasteiger partial charge in [-0.1, -0.05) is 28.9 Å². The third-order valence-electron chi connectivity index (χ3n) is 1.81. The Morgan fingerprint density at radius 1 is 1.54 bits per heavy atom. The summed E-state index contributed by atoms with van der Waals surface area (Å²) in [5.41, 5.74) is 1.62. The second-order valence-electron chi connectivity index (χ2n) is 2.81. The first-order valence-electron chi connectivity index (χ1n) is 3.92. The molecule has 3 nitrogen and oxygen atoms in total. The van der Waals surface area contributed by atoms with Gasteiger partial charge in [-0.2, -0.15) is 0 Å². The molecule has 0 saturated carbocycles. The molecule has 0 spiro atoms. The van der Waals surface area contributed by atoms with Crippen molar-refractivity contribution in [2.75, 3.05) is 0 Å². The van der Waals surface area contributed by atoms with Gasteiger partial charge in [-0.05, 0) is 12.1 Å². The molecule has 1 aliphatic heterocycles. The molecule has 0 saturated heterocycles. The van der Waals surface area contributed by atoms with Gasteiger partial charge < -0.3 is 9.94 Å². The highest BCUT2D eigenvalue weighted by Gasteiger charge is 2.19. The maximum Gasteiger partial charge on any atom is 0.230 e. The van der Waals surface area contributed by atoms with E-state index in [1.54, 1.807) is 12.1 Å². The Labute approximate surface area is 80.6 Å². The molecule has 0 radical (unpaired) electrons. The topological polar surface area (TPSA) is 41.8 Å². The second kappa shape index (κ2) is 3.36. The third kappa shape index (κ3) is 1.82. The molecule has 1 N–H and O–H groups in total. The number of hydrogen-bond donors (Lipinski definition) is 1. The van der Waals surface area contributed by atoms with Crippen molar-refractivity contribution >= 4 is 17.3 Å². The lowest BCUT2D eigenvalue weighted by atomic mass is 10.1. The maximum absolute atomic E-state index is 9.06. The molecule has 4 heteroatoms. The fourth-order valence-electron chi connectivity index (χ4n) is 1.20. The van der Waals surface area contributed by atoms with Crippen molar-refractivity contribution in [3.05, 3.63) is 34.9 Å². The van der Waals surface area contributed by atoms with Crippen LogP contribution in [0.25, 0.3) is 0 Å². The van der Waals surface area contributed by atoms with E-state index >= 15 is 0 Å². The van der Waals surface area contributed by atoms with E-state index in [4.69, 9.17) is 16.7 Å². The third-order valence-corrected chi connectivity index (χ3v) is 2.05. The van der Waals surface area contributed by atoms with Crippen LogP contribution in [-0.2, 0) is 4.84 Å². The number of nitrogens with zero attached hydrogens (tertiary/aromatic N) is 1. The first-order valence-corrected chi connectivity index (χ1v) is 4.30. The molecule has 1 unspecified atom stereocenters. The number of rotatable bonds is 1. The van der Waals surface area contributed by atoms with Crippen molar-refractivity contribution in [3.63, 3.8) is 0 Å². The first kappa shape index (κ1) is 8.53. The summed E-state index contributed by atoms with van der Waals surface area (Å²) >= 11 is 5.80. The van der Waals surface area contributed by atoms with Crippen LogP contribution in [0.5, 0.6) is 0 Å². The normalized spacial score (nSPS) is 21.1. The van der Waals surface area contributed by atoms with Crippen LogP contribution in [0.15, 0.2) is 29.4 Å². The van der Waals surface area contributed by atoms with Crippen LogP contribution >= 0.6 is 11.6 Å². The maximum atomic E-state index is 9.06. The van der Waals surface area contributed by atoms with Crippen LogP contribution in [0.1, 0.15) is 12.0 Å². The average Bonchev–Trinajstić information content (AvgIpc) is 2.52. The number of aliphatic hydroxyl groups is 1. The number of aliphatic hydroxyl groups excluding tert-OH is 1. The van der Waals surface area contributed by atoms with Gasteiger partial charge in [-0.3, -0.25) is 0 Å². The summed E-state index contributed by atoms with van der Waals surface area (Å²) in [5, 5.41) is 13.5. The molecule has 68 valence electrons. The highest BCUT2D eigenvalue weighted by atomic mass is 35.5. The van der Waals surface area contributed by atoms with Gasteiger partial charge in [-0.25, -0.2) is 0 Å². The van der Waals surface area contributed by atoms with Crippen LogP contribution in [-0.4, -0.2) is 17.1 Å². The van der Waals surface area contributed by atoms with Crippen LogP contribution in [0.2, 0.25) is 5.02 Å². The van der Waals surface area contributed by atoms with Crippen LogP contribution in [0.4, 0.5) is 0 Å². The zero-order chi connectivity index (χ0) is 9.26. The standard InChI is InChI=1S/C9H8ClNO2/c10-7-3-1-2-6(4-7)8-5-9(12)13-11-8/h1-4,9,12H,5H2. The summed E-state index contributed by atoms with van der Waals surface area (Å²) < 4.78 is 0. The lowest BCUT2D eigenvalue weighted by Gasteiger charge is -1.98. The van der Waals surface area contributed by atoms with E-state index in [1.807, 2.05) is 12.1 Å². The molecule has 1 atom stereocenters. The zero-order valence-electron chi connectivity index (χ0n) is 6.77. The molecular weight excluding hydrogens is 190 g/mol. The number of oxime groups is 1. The van der Waals surface area contributed by atoms with E-state index in [-0.39, 0.29) is 0 Å². The lowest BCUT2D eigenvalue weighted by molar-refractivity contribution is -0.0762. The predicted octanol–water partition coefficient (Wildman–Crippen LogP) is 1.78. The molecule has 0 aliphatic carbocycles. The lowest BCUT2D eigenvalue weighted by Crippen LogP contribution is -2.06. The Morgan fingerprint density at radius 2 is 2.38 bits per heavy atom. The van der Waals surface area contributed by atoms with Crippen LogP contribution in [0.3, 0.4) is 0 Å². The summed E-state index contributed by atoms with van der Waals surface area (Å²) in [6.45, 7) is 0. The van der Waals surface area contributed by atoms with Crippen molar-refractivity contribution in [3.8, 4) is 0 Å².